The Morgan fingerprint density at radius 2 is 1.59 bits per heavy atom. The first-order valence-electron chi connectivity index (χ1n) is 9.88. The van der Waals surface area contributed by atoms with E-state index in [0.717, 1.165) is 0 Å². The number of hydrogen-bond donors (Lipinski definition) is 4. The second-order valence-corrected chi connectivity index (χ2v) is 8.02. The van der Waals surface area contributed by atoms with Gasteiger partial charge in [0.2, 0.25) is 0 Å². The van der Waals surface area contributed by atoms with E-state index in [2.05, 4.69) is 0 Å². The first-order valence-corrected chi connectivity index (χ1v) is 10.3. The van der Waals surface area contributed by atoms with Crippen LogP contribution in [0.4, 0.5) is 5.69 Å². The summed E-state index contributed by atoms with van der Waals surface area (Å²) in [6.45, 7) is 3.89. The molecule has 3 aromatic carbocycles. The Balaban J connectivity index is 2.02. The highest BCUT2D eigenvalue weighted by molar-refractivity contribution is 6.30. The molecule has 0 aliphatic heterocycles. The summed E-state index contributed by atoms with van der Waals surface area (Å²) in [5.41, 5.74) is 3.70. The Kier molecular flexibility index (Phi) is 7.02. The fraction of sp³-hybridized carbons (Fsp3) is 0.167. The van der Waals surface area contributed by atoms with Gasteiger partial charge in [0, 0.05) is 22.3 Å². The molecule has 166 valence electrons. The van der Waals surface area contributed by atoms with Gasteiger partial charge in [-0.15, -0.1) is 0 Å². The highest BCUT2D eigenvalue weighted by Crippen LogP contribution is 2.34. The van der Waals surface area contributed by atoms with E-state index in [9.17, 15) is 19.8 Å². The SMILES string of the molecule is CC(C)c1cc(C(=O)N(Cc2ccc(C(=O)NO)cc2)c2ccc(Cl)cc2)c(O)cc1O. The molecule has 0 atom stereocenters. The molecule has 2 amide bonds. The van der Waals surface area contributed by atoms with Crippen LogP contribution in [0.25, 0.3) is 0 Å². The zero-order valence-corrected chi connectivity index (χ0v) is 18.3. The molecule has 32 heavy (non-hydrogen) atoms. The monoisotopic (exact) mass is 454 g/mol. The number of carbonyl (C=O) groups is 2. The van der Waals surface area contributed by atoms with Crippen molar-refractivity contribution >= 4 is 29.1 Å². The minimum Gasteiger partial charge on any atom is -0.508 e. The number of hydrogen-bond acceptors (Lipinski definition) is 5. The van der Waals surface area contributed by atoms with Gasteiger partial charge in [0.1, 0.15) is 11.5 Å². The van der Waals surface area contributed by atoms with E-state index in [1.807, 2.05) is 13.8 Å². The predicted octanol–water partition coefficient (Wildman–Crippen LogP) is 4.84. The van der Waals surface area contributed by atoms with Crippen LogP contribution < -0.4 is 10.4 Å². The highest BCUT2D eigenvalue weighted by atomic mass is 35.5. The third-order valence-electron chi connectivity index (χ3n) is 5.04. The van der Waals surface area contributed by atoms with Crippen LogP contribution in [0.1, 0.15) is 51.6 Å². The topological polar surface area (TPSA) is 110 Å². The first-order chi connectivity index (χ1) is 15.2. The molecule has 0 saturated heterocycles. The Morgan fingerprint density at radius 3 is 2.16 bits per heavy atom. The Labute approximate surface area is 190 Å². The summed E-state index contributed by atoms with van der Waals surface area (Å²) in [5.74, 6) is -1.58. The van der Waals surface area contributed by atoms with Crippen molar-refractivity contribution in [3.05, 3.63) is 87.9 Å². The number of phenolic OH excluding ortho intramolecular Hbond substituents is 2. The van der Waals surface area contributed by atoms with Gasteiger partial charge in [-0.1, -0.05) is 37.6 Å². The standard InChI is InChI=1S/C24H23ClN2O5/c1-14(2)19-11-20(22(29)12-21(19)28)24(31)27(18-9-7-17(25)8-10-18)13-15-3-5-16(6-4-15)23(30)26-32/h3-12,14,28-29,32H,13H2,1-2H3,(H,26,30). The molecule has 4 N–H and O–H groups in total. The summed E-state index contributed by atoms with van der Waals surface area (Å²) in [6, 6.07) is 15.7. The predicted molar refractivity (Wildman–Crippen MR) is 122 cm³/mol. The summed E-state index contributed by atoms with van der Waals surface area (Å²) in [5, 5.41) is 29.8. The molecule has 0 heterocycles. The lowest BCUT2D eigenvalue weighted by Gasteiger charge is -2.24. The summed E-state index contributed by atoms with van der Waals surface area (Å²) in [6.07, 6.45) is 0. The number of anilines is 1. The number of aromatic hydroxyl groups is 2. The molecule has 0 aliphatic rings. The fourth-order valence-electron chi connectivity index (χ4n) is 3.28. The number of carbonyl (C=O) groups excluding carboxylic acids is 2. The Hall–Kier alpha value is -3.55. The van der Waals surface area contributed by atoms with Gasteiger partial charge in [0.05, 0.1) is 12.1 Å². The third kappa shape index (κ3) is 5.01. The first kappa shape index (κ1) is 23.1. The zero-order valence-electron chi connectivity index (χ0n) is 17.5. The van der Waals surface area contributed by atoms with E-state index >= 15 is 0 Å². The Morgan fingerprint density at radius 1 is 0.969 bits per heavy atom. The average molecular weight is 455 g/mol. The lowest BCUT2D eigenvalue weighted by atomic mass is 9.98. The van der Waals surface area contributed by atoms with Crippen LogP contribution in [0.15, 0.2) is 60.7 Å². The highest BCUT2D eigenvalue weighted by Gasteiger charge is 2.24. The van der Waals surface area contributed by atoms with E-state index in [0.29, 0.717) is 21.8 Å². The van der Waals surface area contributed by atoms with Crippen molar-refractivity contribution in [1.82, 2.24) is 5.48 Å². The molecular weight excluding hydrogens is 432 g/mol. The molecule has 8 heteroatoms. The molecule has 3 rings (SSSR count). The summed E-state index contributed by atoms with van der Waals surface area (Å²) in [7, 11) is 0. The van der Waals surface area contributed by atoms with Crippen molar-refractivity contribution in [2.75, 3.05) is 4.90 Å². The van der Waals surface area contributed by atoms with Crippen molar-refractivity contribution in [2.45, 2.75) is 26.3 Å². The molecule has 0 aromatic heterocycles. The van der Waals surface area contributed by atoms with Crippen molar-refractivity contribution in [3.8, 4) is 11.5 Å². The van der Waals surface area contributed by atoms with Crippen molar-refractivity contribution in [1.29, 1.82) is 0 Å². The van der Waals surface area contributed by atoms with Crippen LogP contribution in [0, 0.1) is 0 Å². The number of halogens is 1. The van der Waals surface area contributed by atoms with E-state index < -0.39 is 11.8 Å². The lowest BCUT2D eigenvalue weighted by Crippen LogP contribution is -2.30. The molecule has 7 nitrogen and oxygen atoms in total. The molecule has 0 spiro atoms. The van der Waals surface area contributed by atoms with E-state index in [1.165, 1.54) is 29.2 Å². The van der Waals surface area contributed by atoms with Crippen LogP contribution in [0.5, 0.6) is 11.5 Å². The lowest BCUT2D eigenvalue weighted by molar-refractivity contribution is 0.0706. The van der Waals surface area contributed by atoms with Crippen LogP contribution in [-0.4, -0.2) is 27.2 Å². The van der Waals surface area contributed by atoms with Gasteiger partial charge in [-0.05, 0) is 59.5 Å². The minimum atomic E-state index is -0.641. The smallest absolute Gasteiger partial charge is 0.274 e. The number of amides is 2. The molecule has 0 saturated carbocycles. The Bertz CT molecular complexity index is 1130. The molecule has 0 radical (unpaired) electrons. The van der Waals surface area contributed by atoms with Crippen LogP contribution in [0.2, 0.25) is 5.02 Å². The number of nitrogens with zero attached hydrogens (tertiary/aromatic N) is 1. The van der Waals surface area contributed by atoms with Crippen LogP contribution in [-0.2, 0) is 6.54 Å². The number of rotatable bonds is 6. The zero-order chi connectivity index (χ0) is 23.4. The molecular formula is C24H23ClN2O5. The second-order valence-electron chi connectivity index (χ2n) is 7.59. The molecule has 0 bridgehead atoms. The van der Waals surface area contributed by atoms with E-state index in [1.54, 1.807) is 41.9 Å². The average Bonchev–Trinajstić information content (AvgIpc) is 2.77. The van der Waals surface area contributed by atoms with Crippen LogP contribution >= 0.6 is 11.6 Å². The van der Waals surface area contributed by atoms with Crippen molar-refractivity contribution in [2.24, 2.45) is 0 Å². The van der Waals surface area contributed by atoms with Gasteiger partial charge in [-0.25, -0.2) is 5.48 Å². The number of benzene rings is 3. The maximum absolute atomic E-state index is 13.5. The summed E-state index contributed by atoms with van der Waals surface area (Å²) in [4.78, 5) is 26.5. The number of nitrogens with one attached hydrogen (secondary N) is 1. The van der Waals surface area contributed by atoms with Gasteiger partial charge in [-0.3, -0.25) is 14.8 Å². The second kappa shape index (κ2) is 9.72. The van der Waals surface area contributed by atoms with Crippen molar-refractivity contribution in [3.63, 3.8) is 0 Å². The van der Waals surface area contributed by atoms with Gasteiger partial charge in [-0.2, -0.15) is 0 Å². The van der Waals surface area contributed by atoms with Gasteiger partial charge in [0.25, 0.3) is 11.8 Å². The quantitative estimate of drug-likeness (QED) is 0.314. The number of hydroxylamine groups is 1. The fourth-order valence-corrected chi connectivity index (χ4v) is 3.41. The van der Waals surface area contributed by atoms with Gasteiger partial charge >= 0.3 is 0 Å². The third-order valence-corrected chi connectivity index (χ3v) is 5.29. The summed E-state index contributed by atoms with van der Waals surface area (Å²) < 4.78 is 0. The summed E-state index contributed by atoms with van der Waals surface area (Å²) >= 11 is 6.00. The number of phenols is 2. The molecule has 3 aromatic rings. The van der Waals surface area contributed by atoms with Gasteiger partial charge < -0.3 is 15.1 Å². The van der Waals surface area contributed by atoms with Gasteiger partial charge in [0.15, 0.2) is 0 Å². The van der Waals surface area contributed by atoms with Crippen molar-refractivity contribution < 1.29 is 25.0 Å². The van der Waals surface area contributed by atoms with Crippen LogP contribution in [0.3, 0.4) is 0 Å². The van der Waals surface area contributed by atoms with E-state index in [-0.39, 0.29) is 35.1 Å². The molecule has 0 unspecified atom stereocenters. The van der Waals surface area contributed by atoms with E-state index in [4.69, 9.17) is 16.8 Å². The normalized spacial score (nSPS) is 10.8. The molecule has 0 aliphatic carbocycles. The maximum Gasteiger partial charge on any atom is 0.274 e. The maximum atomic E-state index is 13.5. The minimum absolute atomic E-state index is 0.0535. The molecule has 0 fully saturated rings. The largest absolute Gasteiger partial charge is 0.508 e.